The van der Waals surface area contributed by atoms with E-state index in [0.29, 0.717) is 24.7 Å². The lowest BCUT2D eigenvalue weighted by atomic mass is 9.88. The van der Waals surface area contributed by atoms with Gasteiger partial charge < -0.3 is 5.73 Å². The van der Waals surface area contributed by atoms with E-state index in [0.717, 1.165) is 12.8 Å². The van der Waals surface area contributed by atoms with Crippen LogP contribution in [0.25, 0.3) is 0 Å². The van der Waals surface area contributed by atoms with Gasteiger partial charge in [0.2, 0.25) is 0 Å². The van der Waals surface area contributed by atoms with E-state index in [1.54, 1.807) is 0 Å². The highest BCUT2D eigenvalue weighted by atomic mass is 19.4. The van der Waals surface area contributed by atoms with E-state index in [4.69, 9.17) is 5.73 Å². The molecular weight excluding hydrogens is 229 g/mol. The van der Waals surface area contributed by atoms with E-state index in [-0.39, 0.29) is 6.42 Å². The Labute approximate surface area is 100 Å². The predicted octanol–water partition coefficient (Wildman–Crippen LogP) is 3.66. The van der Waals surface area contributed by atoms with Crippen LogP contribution in [0.3, 0.4) is 0 Å². The van der Waals surface area contributed by atoms with Gasteiger partial charge in [0, 0.05) is 18.9 Å². The SMILES string of the molecule is NC(=NCCCCC(F)(F)F)C1CCCCC1. The van der Waals surface area contributed by atoms with Gasteiger partial charge >= 0.3 is 6.18 Å². The van der Waals surface area contributed by atoms with Gasteiger partial charge in [0.05, 0.1) is 5.84 Å². The fraction of sp³-hybridized carbons (Fsp3) is 0.917. The van der Waals surface area contributed by atoms with Crippen LogP contribution in [0.4, 0.5) is 13.2 Å². The first kappa shape index (κ1) is 14.3. The lowest BCUT2D eigenvalue weighted by molar-refractivity contribution is -0.135. The largest absolute Gasteiger partial charge is 0.389 e. The summed E-state index contributed by atoms with van der Waals surface area (Å²) < 4.78 is 35.6. The maximum atomic E-state index is 11.9. The van der Waals surface area contributed by atoms with Crippen molar-refractivity contribution in [3.8, 4) is 0 Å². The smallest absolute Gasteiger partial charge is 0.387 e. The second-order valence-corrected chi connectivity index (χ2v) is 4.71. The van der Waals surface area contributed by atoms with Gasteiger partial charge in [-0.25, -0.2) is 0 Å². The first-order chi connectivity index (χ1) is 7.99. The number of rotatable bonds is 5. The van der Waals surface area contributed by atoms with Crippen LogP contribution in [0.5, 0.6) is 0 Å². The molecule has 0 amide bonds. The van der Waals surface area contributed by atoms with Gasteiger partial charge in [-0.2, -0.15) is 13.2 Å². The molecule has 2 N–H and O–H groups in total. The van der Waals surface area contributed by atoms with Crippen molar-refractivity contribution in [2.24, 2.45) is 16.6 Å². The van der Waals surface area contributed by atoms with Crippen molar-refractivity contribution in [3.05, 3.63) is 0 Å². The summed E-state index contributed by atoms with van der Waals surface area (Å²) in [6.45, 7) is 0.429. The van der Waals surface area contributed by atoms with Crippen LogP contribution in [-0.2, 0) is 0 Å². The van der Waals surface area contributed by atoms with Gasteiger partial charge in [-0.1, -0.05) is 19.3 Å². The third-order valence-electron chi connectivity index (χ3n) is 3.19. The zero-order valence-electron chi connectivity index (χ0n) is 10.1. The predicted molar refractivity (Wildman–Crippen MR) is 63.0 cm³/mol. The summed E-state index contributed by atoms with van der Waals surface area (Å²) in [5, 5.41) is 0. The maximum Gasteiger partial charge on any atom is 0.389 e. The van der Waals surface area contributed by atoms with E-state index in [1.807, 2.05) is 0 Å². The molecule has 1 aliphatic carbocycles. The van der Waals surface area contributed by atoms with E-state index in [2.05, 4.69) is 4.99 Å². The first-order valence-corrected chi connectivity index (χ1v) is 6.35. The molecule has 0 aliphatic heterocycles. The number of amidine groups is 1. The molecule has 0 aromatic carbocycles. The average Bonchev–Trinajstić information content (AvgIpc) is 2.28. The van der Waals surface area contributed by atoms with Crippen LogP contribution in [0, 0.1) is 5.92 Å². The molecule has 0 atom stereocenters. The van der Waals surface area contributed by atoms with Crippen LogP contribution in [0.15, 0.2) is 4.99 Å². The van der Waals surface area contributed by atoms with Crippen molar-refractivity contribution in [1.82, 2.24) is 0 Å². The number of halogens is 3. The molecule has 0 radical (unpaired) electrons. The fourth-order valence-corrected chi connectivity index (χ4v) is 2.17. The summed E-state index contributed by atoms with van der Waals surface area (Å²) in [5.74, 6) is 1.02. The summed E-state index contributed by atoms with van der Waals surface area (Å²) in [5.41, 5.74) is 5.84. The zero-order valence-corrected chi connectivity index (χ0v) is 10.1. The Morgan fingerprint density at radius 2 is 1.76 bits per heavy atom. The second-order valence-electron chi connectivity index (χ2n) is 4.71. The third kappa shape index (κ3) is 6.54. The van der Waals surface area contributed by atoms with Gasteiger partial charge in [0.15, 0.2) is 0 Å². The Kier molecular flexibility index (Phi) is 5.78. The van der Waals surface area contributed by atoms with Gasteiger partial charge in [-0.3, -0.25) is 4.99 Å². The molecule has 0 aromatic heterocycles. The summed E-state index contributed by atoms with van der Waals surface area (Å²) >= 11 is 0. The maximum absolute atomic E-state index is 11.9. The molecule has 0 heterocycles. The molecule has 1 rings (SSSR count). The van der Waals surface area contributed by atoms with E-state index < -0.39 is 12.6 Å². The van der Waals surface area contributed by atoms with Crippen molar-refractivity contribution in [3.63, 3.8) is 0 Å². The van der Waals surface area contributed by atoms with Crippen molar-refractivity contribution < 1.29 is 13.2 Å². The van der Waals surface area contributed by atoms with Crippen molar-refractivity contribution >= 4 is 5.84 Å². The van der Waals surface area contributed by atoms with E-state index in [9.17, 15) is 13.2 Å². The number of alkyl halides is 3. The molecule has 5 heteroatoms. The van der Waals surface area contributed by atoms with Gasteiger partial charge in [0.25, 0.3) is 0 Å². The molecule has 17 heavy (non-hydrogen) atoms. The Balaban J connectivity index is 2.14. The molecule has 1 saturated carbocycles. The number of nitrogens with two attached hydrogens (primary N) is 1. The Morgan fingerprint density at radius 1 is 1.12 bits per heavy atom. The van der Waals surface area contributed by atoms with Crippen molar-refractivity contribution in [2.75, 3.05) is 6.54 Å². The molecule has 1 aliphatic rings. The summed E-state index contributed by atoms with van der Waals surface area (Å²) in [4.78, 5) is 4.19. The minimum Gasteiger partial charge on any atom is -0.387 e. The monoisotopic (exact) mass is 250 g/mol. The van der Waals surface area contributed by atoms with Crippen molar-refractivity contribution in [1.29, 1.82) is 0 Å². The van der Waals surface area contributed by atoms with Gasteiger partial charge in [-0.15, -0.1) is 0 Å². The molecule has 0 spiro atoms. The summed E-state index contributed by atoms with van der Waals surface area (Å²) in [6.07, 6.45) is 1.65. The summed E-state index contributed by atoms with van der Waals surface area (Å²) in [6, 6.07) is 0. The molecule has 0 saturated heterocycles. The Morgan fingerprint density at radius 3 is 2.35 bits per heavy atom. The highest BCUT2D eigenvalue weighted by Crippen LogP contribution is 2.24. The first-order valence-electron chi connectivity index (χ1n) is 6.35. The molecule has 0 bridgehead atoms. The van der Waals surface area contributed by atoms with Crippen LogP contribution in [0.2, 0.25) is 0 Å². The minimum absolute atomic E-state index is 0.144. The number of hydrogen-bond acceptors (Lipinski definition) is 1. The third-order valence-corrected chi connectivity index (χ3v) is 3.19. The number of nitrogens with zero attached hydrogens (tertiary/aromatic N) is 1. The summed E-state index contributed by atoms with van der Waals surface area (Å²) in [7, 11) is 0. The van der Waals surface area contributed by atoms with Crippen LogP contribution >= 0.6 is 0 Å². The molecule has 2 nitrogen and oxygen atoms in total. The Bertz CT molecular complexity index is 243. The lowest BCUT2D eigenvalue weighted by Crippen LogP contribution is -2.26. The standard InChI is InChI=1S/C12H21F3N2/c13-12(14,15)8-4-5-9-17-11(16)10-6-2-1-3-7-10/h10H,1-9H2,(H2,16,17). The fourth-order valence-electron chi connectivity index (χ4n) is 2.17. The molecule has 0 unspecified atom stereocenters. The van der Waals surface area contributed by atoms with Crippen LogP contribution in [0.1, 0.15) is 51.4 Å². The minimum atomic E-state index is -4.04. The number of aliphatic imine (C=N–C) groups is 1. The highest BCUT2D eigenvalue weighted by Gasteiger charge is 2.25. The van der Waals surface area contributed by atoms with E-state index in [1.165, 1.54) is 19.3 Å². The van der Waals surface area contributed by atoms with Gasteiger partial charge in [-0.05, 0) is 25.7 Å². The zero-order chi connectivity index (χ0) is 12.7. The quantitative estimate of drug-likeness (QED) is 0.451. The number of unbranched alkanes of at least 4 members (excludes halogenated alkanes) is 1. The van der Waals surface area contributed by atoms with E-state index >= 15 is 0 Å². The molecular formula is C12H21F3N2. The van der Waals surface area contributed by atoms with Crippen LogP contribution < -0.4 is 5.73 Å². The van der Waals surface area contributed by atoms with Crippen molar-refractivity contribution in [2.45, 2.75) is 57.5 Å². The lowest BCUT2D eigenvalue weighted by Gasteiger charge is -2.20. The molecule has 100 valence electrons. The van der Waals surface area contributed by atoms with Crippen LogP contribution in [-0.4, -0.2) is 18.6 Å². The highest BCUT2D eigenvalue weighted by molar-refractivity contribution is 5.82. The molecule has 1 fully saturated rings. The second kappa shape index (κ2) is 6.87. The number of hydrogen-bond donors (Lipinski definition) is 1. The van der Waals surface area contributed by atoms with Gasteiger partial charge in [0.1, 0.15) is 0 Å². The molecule has 0 aromatic rings. The normalized spacial score (nSPS) is 19.6. The topological polar surface area (TPSA) is 38.4 Å². The average molecular weight is 250 g/mol. The Hall–Kier alpha value is -0.740.